The minimum Gasteiger partial charge on any atom is -0.353 e. The Hall–Kier alpha value is -2.51. The molecule has 2 aliphatic rings. The quantitative estimate of drug-likeness (QED) is 0.709. The summed E-state index contributed by atoms with van der Waals surface area (Å²) in [6, 6.07) is 0. The first-order chi connectivity index (χ1) is 12.4. The van der Waals surface area contributed by atoms with Crippen molar-refractivity contribution in [3.8, 4) is 0 Å². The van der Waals surface area contributed by atoms with Crippen LogP contribution in [0.3, 0.4) is 0 Å². The summed E-state index contributed by atoms with van der Waals surface area (Å²) in [5.74, 6) is 3.65. The maximum atomic E-state index is 4.58. The van der Waals surface area contributed by atoms with Gasteiger partial charge in [0.2, 0.25) is 5.65 Å². The van der Waals surface area contributed by atoms with Gasteiger partial charge in [-0.1, -0.05) is 6.42 Å². The average Bonchev–Trinajstić information content (AvgIpc) is 3.23. The Morgan fingerprint density at radius 3 is 3.00 bits per heavy atom. The number of fused-ring (bicyclic) bond motifs is 2. The number of rotatable bonds is 2. The van der Waals surface area contributed by atoms with E-state index in [2.05, 4.69) is 34.8 Å². The van der Waals surface area contributed by atoms with Crippen molar-refractivity contribution in [3.05, 3.63) is 30.4 Å². The molecule has 2 aliphatic heterocycles. The van der Waals surface area contributed by atoms with Crippen LogP contribution in [0.2, 0.25) is 0 Å². The van der Waals surface area contributed by atoms with E-state index in [1.54, 1.807) is 6.33 Å². The van der Waals surface area contributed by atoms with Crippen molar-refractivity contribution in [1.29, 1.82) is 0 Å². The number of piperidine rings is 1. The van der Waals surface area contributed by atoms with Gasteiger partial charge in [-0.25, -0.2) is 4.98 Å². The van der Waals surface area contributed by atoms with Gasteiger partial charge in [0, 0.05) is 44.4 Å². The molecule has 1 saturated heterocycles. The summed E-state index contributed by atoms with van der Waals surface area (Å²) < 4.78 is 4.31. The van der Waals surface area contributed by atoms with Gasteiger partial charge in [-0.3, -0.25) is 4.40 Å². The fraction of sp³-hybridized carbons (Fsp3) is 0.588. The van der Waals surface area contributed by atoms with Crippen molar-refractivity contribution in [2.24, 2.45) is 0 Å². The van der Waals surface area contributed by atoms with E-state index in [1.807, 2.05) is 16.8 Å². The molecule has 0 N–H and O–H groups in total. The molecule has 8 nitrogen and oxygen atoms in total. The summed E-state index contributed by atoms with van der Waals surface area (Å²) in [7, 11) is 0. The van der Waals surface area contributed by atoms with Gasteiger partial charge in [0.25, 0.3) is 0 Å². The summed E-state index contributed by atoms with van der Waals surface area (Å²) in [4.78, 5) is 6.91. The van der Waals surface area contributed by atoms with E-state index >= 15 is 0 Å². The van der Waals surface area contributed by atoms with E-state index in [1.165, 1.54) is 25.1 Å². The van der Waals surface area contributed by atoms with Crippen molar-refractivity contribution >= 4 is 11.5 Å². The van der Waals surface area contributed by atoms with Gasteiger partial charge in [0.1, 0.15) is 18.0 Å². The molecule has 0 amide bonds. The highest BCUT2D eigenvalue weighted by atomic mass is 15.3. The zero-order valence-electron chi connectivity index (χ0n) is 14.3. The van der Waals surface area contributed by atoms with Gasteiger partial charge >= 0.3 is 0 Å². The Morgan fingerprint density at radius 2 is 2.00 bits per heavy atom. The van der Waals surface area contributed by atoms with Gasteiger partial charge in [-0.15, -0.1) is 20.4 Å². The molecule has 1 atom stereocenters. The normalized spacial score (nSPS) is 21.3. The lowest BCUT2D eigenvalue weighted by molar-refractivity contribution is 0.464. The third-order valence-electron chi connectivity index (χ3n) is 5.42. The maximum absolute atomic E-state index is 4.58. The topological polar surface area (TPSA) is 77.0 Å². The largest absolute Gasteiger partial charge is 0.353 e. The van der Waals surface area contributed by atoms with Crippen LogP contribution in [-0.4, -0.2) is 47.4 Å². The number of aryl methyl sites for hydroxylation is 1. The smallest absolute Gasteiger partial charge is 0.203 e. The van der Waals surface area contributed by atoms with Crippen LogP contribution in [-0.2, 0) is 13.0 Å². The predicted octanol–water partition coefficient (Wildman–Crippen LogP) is 1.83. The first-order valence-corrected chi connectivity index (χ1v) is 9.21. The highest BCUT2D eigenvalue weighted by molar-refractivity contribution is 5.63. The van der Waals surface area contributed by atoms with Crippen LogP contribution in [0.15, 0.2) is 18.7 Å². The first-order valence-electron chi connectivity index (χ1n) is 9.21. The fourth-order valence-electron chi connectivity index (χ4n) is 4.16. The van der Waals surface area contributed by atoms with Gasteiger partial charge in [-0.05, 0) is 25.7 Å². The van der Waals surface area contributed by atoms with E-state index < -0.39 is 0 Å². The van der Waals surface area contributed by atoms with Crippen molar-refractivity contribution in [3.63, 3.8) is 0 Å². The summed E-state index contributed by atoms with van der Waals surface area (Å²) in [6.45, 7) is 2.97. The molecule has 5 heterocycles. The number of hydrogen-bond acceptors (Lipinski definition) is 6. The van der Waals surface area contributed by atoms with E-state index in [0.717, 1.165) is 56.2 Å². The standard InChI is InChI=1S/C17H22N8/c1-2-6-14-20-22-15(25(14)9-3-1)13-5-4-8-23(11-13)16-17-21-19-12-24(17)10-7-18-16/h7,10,12-13H,1-6,8-9,11H2/t13-/m0/s1. The zero-order chi connectivity index (χ0) is 16.6. The minimum absolute atomic E-state index is 0.401. The zero-order valence-corrected chi connectivity index (χ0v) is 14.3. The van der Waals surface area contributed by atoms with Gasteiger partial charge in [-0.2, -0.15) is 0 Å². The molecule has 130 valence electrons. The second kappa shape index (κ2) is 6.09. The van der Waals surface area contributed by atoms with Crippen LogP contribution >= 0.6 is 0 Å². The Bertz CT molecular complexity index is 882. The highest BCUT2D eigenvalue weighted by Gasteiger charge is 2.29. The summed E-state index contributed by atoms with van der Waals surface area (Å²) in [5.41, 5.74) is 0.822. The Kier molecular flexibility index (Phi) is 3.61. The molecule has 25 heavy (non-hydrogen) atoms. The van der Waals surface area contributed by atoms with Crippen LogP contribution < -0.4 is 4.90 Å². The van der Waals surface area contributed by atoms with E-state index in [4.69, 9.17) is 0 Å². The summed E-state index contributed by atoms with van der Waals surface area (Å²) in [6.07, 6.45) is 12.5. The lowest BCUT2D eigenvalue weighted by Crippen LogP contribution is -2.36. The lowest BCUT2D eigenvalue weighted by atomic mass is 9.97. The third kappa shape index (κ3) is 2.56. The van der Waals surface area contributed by atoms with Gasteiger partial charge in [0.05, 0.1) is 0 Å². The van der Waals surface area contributed by atoms with Gasteiger partial charge in [0.15, 0.2) is 5.82 Å². The molecule has 5 rings (SSSR count). The van der Waals surface area contributed by atoms with Crippen molar-refractivity contribution in [2.75, 3.05) is 18.0 Å². The van der Waals surface area contributed by atoms with Crippen molar-refractivity contribution in [2.45, 2.75) is 51.0 Å². The van der Waals surface area contributed by atoms with Crippen LogP contribution in [0.25, 0.3) is 5.65 Å². The molecule has 0 saturated carbocycles. The lowest BCUT2D eigenvalue weighted by Gasteiger charge is -2.33. The van der Waals surface area contributed by atoms with Crippen LogP contribution in [0.5, 0.6) is 0 Å². The van der Waals surface area contributed by atoms with Crippen LogP contribution in [0.4, 0.5) is 5.82 Å². The highest BCUT2D eigenvalue weighted by Crippen LogP contribution is 2.30. The Balaban J connectivity index is 1.45. The number of anilines is 1. The van der Waals surface area contributed by atoms with Gasteiger partial charge < -0.3 is 9.47 Å². The second-order valence-electron chi connectivity index (χ2n) is 7.03. The molecular weight excluding hydrogens is 316 g/mol. The SMILES string of the molecule is c1cn2cnnc2c(N2CCC[C@H](c3nnc4n3CCCCC4)C2)n1. The Labute approximate surface area is 145 Å². The monoisotopic (exact) mass is 338 g/mol. The molecular formula is C17H22N8. The van der Waals surface area contributed by atoms with E-state index in [9.17, 15) is 0 Å². The maximum Gasteiger partial charge on any atom is 0.203 e. The molecule has 0 radical (unpaired) electrons. The molecule has 0 spiro atoms. The summed E-state index contributed by atoms with van der Waals surface area (Å²) >= 11 is 0. The second-order valence-corrected chi connectivity index (χ2v) is 7.03. The predicted molar refractivity (Wildman–Crippen MR) is 92.5 cm³/mol. The van der Waals surface area contributed by atoms with E-state index in [-0.39, 0.29) is 0 Å². The summed E-state index contributed by atoms with van der Waals surface area (Å²) in [5, 5.41) is 17.3. The molecule has 3 aromatic rings. The van der Waals surface area contributed by atoms with Crippen LogP contribution in [0.1, 0.15) is 49.7 Å². The molecule has 0 aliphatic carbocycles. The molecule has 8 heteroatoms. The first kappa shape index (κ1) is 14.8. The molecule has 1 fully saturated rings. The van der Waals surface area contributed by atoms with Crippen molar-refractivity contribution in [1.82, 2.24) is 34.3 Å². The van der Waals surface area contributed by atoms with Crippen LogP contribution in [0, 0.1) is 0 Å². The number of aromatic nitrogens is 7. The molecule has 3 aromatic heterocycles. The minimum atomic E-state index is 0.401. The number of hydrogen-bond donors (Lipinski definition) is 0. The molecule has 0 bridgehead atoms. The molecule has 0 aromatic carbocycles. The fourth-order valence-corrected chi connectivity index (χ4v) is 4.16. The molecule has 0 unspecified atom stereocenters. The number of nitrogens with zero attached hydrogens (tertiary/aromatic N) is 8. The third-order valence-corrected chi connectivity index (χ3v) is 5.42. The Morgan fingerprint density at radius 1 is 1.00 bits per heavy atom. The van der Waals surface area contributed by atoms with Crippen molar-refractivity contribution < 1.29 is 0 Å². The van der Waals surface area contributed by atoms with E-state index in [0.29, 0.717) is 5.92 Å². The average molecular weight is 338 g/mol.